The molecule has 1 aromatic heterocycles. The van der Waals surface area contributed by atoms with Gasteiger partial charge in [-0.05, 0) is 29.8 Å². The molecule has 2 aromatic rings. The minimum Gasteiger partial charge on any atom is -0.392 e. The average molecular weight is 200 g/mol. The third kappa shape index (κ3) is 1.24. The number of hydrogen-bond donors (Lipinski definition) is 2. The van der Waals surface area contributed by atoms with Gasteiger partial charge in [-0.2, -0.15) is 0 Å². The summed E-state index contributed by atoms with van der Waals surface area (Å²) < 4.78 is 2.16. The lowest BCUT2D eigenvalue weighted by Crippen LogP contribution is -2.14. The zero-order chi connectivity index (χ0) is 10.3. The monoisotopic (exact) mass is 200 g/mol. The zero-order valence-electron chi connectivity index (χ0n) is 8.27. The van der Waals surface area contributed by atoms with E-state index < -0.39 is 0 Å². The topological polar surface area (TPSA) is 37.2 Å². The minimum atomic E-state index is 0.0913. The molecule has 0 aliphatic carbocycles. The molecule has 0 saturated carbocycles. The van der Waals surface area contributed by atoms with Crippen molar-refractivity contribution in [2.75, 3.05) is 5.32 Å². The number of rotatable bonds is 1. The van der Waals surface area contributed by atoms with Crippen LogP contribution in [0.25, 0.3) is 11.3 Å². The first-order valence-electron chi connectivity index (χ1n) is 5.01. The van der Waals surface area contributed by atoms with Crippen molar-refractivity contribution in [3.05, 3.63) is 42.1 Å². The Morgan fingerprint density at radius 3 is 3.13 bits per heavy atom. The van der Waals surface area contributed by atoms with Crippen LogP contribution >= 0.6 is 0 Å². The second kappa shape index (κ2) is 3.14. The standard InChI is InChI=1S/C12H12N2O/c15-7-9-3-4-11-10(6-9)12-2-1-5-14(12)8-13-11/h1-6,13,15H,7-8H2. The molecule has 0 bridgehead atoms. The number of benzene rings is 1. The summed E-state index contributed by atoms with van der Waals surface area (Å²) in [6.07, 6.45) is 2.05. The zero-order valence-corrected chi connectivity index (χ0v) is 8.27. The molecule has 1 aromatic carbocycles. The highest BCUT2D eigenvalue weighted by molar-refractivity contribution is 5.78. The maximum atomic E-state index is 9.11. The first-order chi connectivity index (χ1) is 7.38. The summed E-state index contributed by atoms with van der Waals surface area (Å²) in [5.74, 6) is 0. The fraction of sp³-hybridized carbons (Fsp3) is 0.167. The Kier molecular flexibility index (Phi) is 1.79. The molecule has 0 unspecified atom stereocenters. The summed E-state index contributed by atoms with van der Waals surface area (Å²) in [4.78, 5) is 0. The van der Waals surface area contributed by atoms with E-state index in [1.807, 2.05) is 24.3 Å². The fourth-order valence-electron chi connectivity index (χ4n) is 2.02. The van der Waals surface area contributed by atoms with E-state index in [9.17, 15) is 0 Å². The molecule has 3 rings (SSSR count). The van der Waals surface area contributed by atoms with Crippen molar-refractivity contribution >= 4 is 5.69 Å². The van der Waals surface area contributed by atoms with Crippen molar-refractivity contribution in [2.24, 2.45) is 0 Å². The first-order valence-corrected chi connectivity index (χ1v) is 5.01. The van der Waals surface area contributed by atoms with Crippen molar-refractivity contribution in [3.63, 3.8) is 0 Å². The maximum Gasteiger partial charge on any atom is 0.0920 e. The number of hydrogen-bond acceptors (Lipinski definition) is 2. The van der Waals surface area contributed by atoms with Gasteiger partial charge in [0.15, 0.2) is 0 Å². The van der Waals surface area contributed by atoms with Crippen LogP contribution in [0.2, 0.25) is 0 Å². The highest BCUT2D eigenvalue weighted by Crippen LogP contribution is 2.32. The number of nitrogens with zero attached hydrogens (tertiary/aromatic N) is 1. The van der Waals surface area contributed by atoms with E-state index in [-0.39, 0.29) is 6.61 Å². The Balaban J connectivity index is 2.21. The van der Waals surface area contributed by atoms with Crippen LogP contribution in [0.15, 0.2) is 36.5 Å². The molecule has 0 radical (unpaired) electrons. The lowest BCUT2D eigenvalue weighted by Gasteiger charge is -2.21. The summed E-state index contributed by atoms with van der Waals surface area (Å²) in [5, 5.41) is 12.4. The summed E-state index contributed by atoms with van der Waals surface area (Å²) in [5.41, 5.74) is 4.46. The van der Waals surface area contributed by atoms with Crippen LogP contribution in [0.1, 0.15) is 5.56 Å². The molecule has 0 amide bonds. The van der Waals surface area contributed by atoms with Gasteiger partial charge in [-0.1, -0.05) is 6.07 Å². The predicted molar refractivity (Wildman–Crippen MR) is 59.4 cm³/mol. The number of nitrogens with one attached hydrogen (secondary N) is 1. The third-order valence-corrected chi connectivity index (χ3v) is 2.81. The van der Waals surface area contributed by atoms with Gasteiger partial charge in [-0.25, -0.2) is 0 Å². The van der Waals surface area contributed by atoms with Gasteiger partial charge >= 0.3 is 0 Å². The number of fused-ring (bicyclic) bond motifs is 3. The van der Waals surface area contributed by atoms with Crippen LogP contribution < -0.4 is 5.32 Å². The molecule has 15 heavy (non-hydrogen) atoms. The molecule has 0 fully saturated rings. The SMILES string of the molecule is OCc1ccc2c(c1)-c1cccn1CN2. The van der Waals surface area contributed by atoms with E-state index in [1.165, 1.54) is 5.69 Å². The van der Waals surface area contributed by atoms with Crippen molar-refractivity contribution < 1.29 is 5.11 Å². The van der Waals surface area contributed by atoms with E-state index >= 15 is 0 Å². The molecule has 2 N–H and O–H groups in total. The highest BCUT2D eigenvalue weighted by atomic mass is 16.3. The second-order valence-corrected chi connectivity index (χ2v) is 3.74. The largest absolute Gasteiger partial charge is 0.392 e. The molecular formula is C12H12N2O. The maximum absolute atomic E-state index is 9.11. The van der Waals surface area contributed by atoms with Crippen molar-refractivity contribution in [2.45, 2.75) is 13.3 Å². The molecule has 1 aliphatic heterocycles. The van der Waals surface area contributed by atoms with Crippen LogP contribution in [0.3, 0.4) is 0 Å². The van der Waals surface area contributed by atoms with Crippen LogP contribution in [-0.2, 0) is 13.3 Å². The Morgan fingerprint density at radius 2 is 2.27 bits per heavy atom. The Hall–Kier alpha value is -1.74. The Morgan fingerprint density at radius 1 is 1.33 bits per heavy atom. The molecular weight excluding hydrogens is 188 g/mol. The Labute approximate surface area is 88.0 Å². The number of anilines is 1. The van der Waals surface area contributed by atoms with Gasteiger partial charge in [0.1, 0.15) is 0 Å². The molecule has 2 heterocycles. The molecule has 0 atom stereocenters. The summed E-state index contributed by atoms with van der Waals surface area (Å²) >= 11 is 0. The van der Waals surface area contributed by atoms with E-state index in [0.29, 0.717) is 0 Å². The summed E-state index contributed by atoms with van der Waals surface area (Å²) in [6, 6.07) is 10.1. The molecule has 0 spiro atoms. The van der Waals surface area contributed by atoms with Crippen molar-refractivity contribution in [1.82, 2.24) is 4.57 Å². The molecule has 3 nitrogen and oxygen atoms in total. The number of aromatic nitrogens is 1. The normalized spacial score (nSPS) is 12.9. The van der Waals surface area contributed by atoms with E-state index in [1.54, 1.807) is 0 Å². The second-order valence-electron chi connectivity index (χ2n) is 3.74. The fourth-order valence-corrected chi connectivity index (χ4v) is 2.02. The van der Waals surface area contributed by atoms with E-state index in [0.717, 1.165) is 23.5 Å². The summed E-state index contributed by atoms with van der Waals surface area (Å²) in [7, 11) is 0. The van der Waals surface area contributed by atoms with E-state index in [4.69, 9.17) is 5.11 Å². The summed E-state index contributed by atoms with van der Waals surface area (Å²) in [6.45, 7) is 0.905. The van der Waals surface area contributed by atoms with Crippen LogP contribution in [0, 0.1) is 0 Å². The van der Waals surface area contributed by atoms with Gasteiger partial charge in [-0.15, -0.1) is 0 Å². The van der Waals surface area contributed by atoms with Crippen LogP contribution in [0.5, 0.6) is 0 Å². The highest BCUT2D eigenvalue weighted by Gasteiger charge is 2.14. The lowest BCUT2D eigenvalue weighted by atomic mass is 10.0. The minimum absolute atomic E-state index is 0.0913. The lowest BCUT2D eigenvalue weighted by molar-refractivity contribution is 0.282. The average Bonchev–Trinajstić information content (AvgIpc) is 2.76. The van der Waals surface area contributed by atoms with Gasteiger partial charge < -0.3 is 15.0 Å². The van der Waals surface area contributed by atoms with Crippen molar-refractivity contribution in [1.29, 1.82) is 0 Å². The van der Waals surface area contributed by atoms with Gasteiger partial charge in [0.25, 0.3) is 0 Å². The molecule has 3 heteroatoms. The van der Waals surface area contributed by atoms with Gasteiger partial charge in [0.05, 0.1) is 19.0 Å². The van der Waals surface area contributed by atoms with Crippen molar-refractivity contribution in [3.8, 4) is 11.3 Å². The predicted octanol–water partition coefficient (Wildman–Crippen LogP) is 2.03. The van der Waals surface area contributed by atoms with Crippen LogP contribution in [-0.4, -0.2) is 9.67 Å². The van der Waals surface area contributed by atoms with Gasteiger partial charge in [0, 0.05) is 17.4 Å². The van der Waals surface area contributed by atoms with Gasteiger partial charge in [-0.3, -0.25) is 0 Å². The third-order valence-electron chi connectivity index (χ3n) is 2.81. The van der Waals surface area contributed by atoms with Crippen LogP contribution in [0.4, 0.5) is 5.69 Å². The number of aliphatic hydroxyl groups is 1. The number of aliphatic hydroxyl groups excluding tert-OH is 1. The first kappa shape index (κ1) is 8.56. The molecule has 1 aliphatic rings. The van der Waals surface area contributed by atoms with E-state index in [2.05, 4.69) is 22.1 Å². The quantitative estimate of drug-likeness (QED) is 0.739. The Bertz CT molecular complexity index is 502. The van der Waals surface area contributed by atoms with Gasteiger partial charge in [0.2, 0.25) is 0 Å². The smallest absolute Gasteiger partial charge is 0.0920 e. The molecule has 0 saturated heterocycles. The molecule has 76 valence electrons.